The molecule has 1 aliphatic heterocycles. The van der Waals surface area contributed by atoms with Gasteiger partial charge in [-0.25, -0.2) is 0 Å². The molecule has 0 atom stereocenters. The number of quaternary nitrogens is 1. The van der Waals surface area contributed by atoms with Crippen molar-refractivity contribution in [3.63, 3.8) is 0 Å². The van der Waals surface area contributed by atoms with E-state index in [1.54, 1.807) is 6.21 Å². The summed E-state index contributed by atoms with van der Waals surface area (Å²) in [6.45, 7) is 2.06. The molecule has 3 nitrogen and oxygen atoms in total. The van der Waals surface area contributed by atoms with Gasteiger partial charge >= 0.3 is 0 Å². The van der Waals surface area contributed by atoms with Gasteiger partial charge in [0, 0.05) is 19.5 Å². The molecular formula is C13H19N3+2. The Kier molecular flexibility index (Phi) is 3.49. The van der Waals surface area contributed by atoms with Crippen molar-refractivity contribution < 1.29 is 10.7 Å². The van der Waals surface area contributed by atoms with Crippen molar-refractivity contribution in [1.29, 1.82) is 0 Å². The predicted molar refractivity (Wildman–Crippen MR) is 65.2 cm³/mol. The average Bonchev–Trinajstić information content (AvgIpc) is 2.33. The van der Waals surface area contributed by atoms with Gasteiger partial charge in [0.2, 0.25) is 0 Å². The maximum absolute atomic E-state index is 5.68. The normalized spacial score (nSPS) is 17.6. The van der Waals surface area contributed by atoms with Crippen LogP contribution in [0.5, 0.6) is 0 Å². The minimum absolute atomic E-state index is 0.954. The largest absolute Gasteiger partial charge is 0.301 e. The molecule has 1 aromatic rings. The third kappa shape index (κ3) is 2.56. The highest BCUT2D eigenvalue weighted by atomic mass is 15.1. The molecule has 1 aliphatic rings. The molecule has 0 bridgehead atoms. The van der Waals surface area contributed by atoms with E-state index < -0.39 is 0 Å². The molecule has 0 radical (unpaired) electrons. The Hall–Kier alpha value is -1.45. The summed E-state index contributed by atoms with van der Waals surface area (Å²) in [5.74, 6) is 0. The van der Waals surface area contributed by atoms with Gasteiger partial charge in [-0.2, -0.15) is 0 Å². The first-order chi connectivity index (χ1) is 7.79. The second-order valence-electron chi connectivity index (χ2n) is 4.26. The molecule has 4 N–H and O–H groups in total. The third-order valence-corrected chi connectivity index (χ3v) is 2.96. The fraction of sp³-hybridized carbons (Fsp3) is 0.308. The van der Waals surface area contributed by atoms with E-state index in [0.29, 0.717) is 0 Å². The smallest absolute Gasteiger partial charge is 0.170 e. The summed E-state index contributed by atoms with van der Waals surface area (Å²) in [7, 11) is 2.13. The summed E-state index contributed by atoms with van der Waals surface area (Å²) >= 11 is 0. The number of nitrogens with two attached hydrogens (primary N) is 2. The topological polar surface area (TPSA) is 45.4 Å². The molecule has 0 saturated heterocycles. The van der Waals surface area contributed by atoms with Crippen LogP contribution in [0.4, 0.5) is 5.69 Å². The van der Waals surface area contributed by atoms with Crippen LogP contribution in [0.1, 0.15) is 6.42 Å². The summed E-state index contributed by atoms with van der Waals surface area (Å²) in [6.07, 6.45) is 2.82. The Morgan fingerprint density at radius 3 is 2.75 bits per heavy atom. The zero-order valence-corrected chi connectivity index (χ0v) is 9.69. The zero-order valence-electron chi connectivity index (χ0n) is 9.69. The average molecular weight is 217 g/mol. The van der Waals surface area contributed by atoms with E-state index in [1.807, 2.05) is 6.07 Å². The first-order valence-electron chi connectivity index (χ1n) is 5.65. The van der Waals surface area contributed by atoms with Crippen LogP contribution >= 0.6 is 0 Å². The summed E-state index contributed by atoms with van der Waals surface area (Å²) in [5.41, 5.74) is 3.87. The number of likely N-dealkylation sites (N-methyl/N-ethyl adjacent to an activating group) is 1. The van der Waals surface area contributed by atoms with Crippen LogP contribution in [0.25, 0.3) is 0 Å². The summed E-state index contributed by atoms with van der Waals surface area (Å²) < 4.78 is 0. The van der Waals surface area contributed by atoms with Gasteiger partial charge in [0.1, 0.15) is 11.4 Å². The lowest BCUT2D eigenvalue weighted by atomic mass is 10.1. The third-order valence-electron chi connectivity index (χ3n) is 2.96. The molecule has 1 heterocycles. The molecule has 0 unspecified atom stereocenters. The van der Waals surface area contributed by atoms with Crippen molar-refractivity contribution in [2.75, 3.05) is 20.1 Å². The van der Waals surface area contributed by atoms with E-state index in [1.165, 1.54) is 17.0 Å². The molecule has 0 saturated carbocycles. The SMILES string of the molecule is CN1CCC([NH2+]c2ccccc2)=C(C=[NH2+])C1. The van der Waals surface area contributed by atoms with Gasteiger partial charge < -0.3 is 4.90 Å². The van der Waals surface area contributed by atoms with Crippen molar-refractivity contribution in [2.45, 2.75) is 6.42 Å². The molecule has 0 spiro atoms. The highest BCUT2D eigenvalue weighted by Crippen LogP contribution is 2.10. The van der Waals surface area contributed by atoms with Gasteiger partial charge in [0.05, 0.1) is 5.57 Å². The number of para-hydroxylation sites is 1. The van der Waals surface area contributed by atoms with Crippen LogP contribution in [0.15, 0.2) is 41.6 Å². The van der Waals surface area contributed by atoms with E-state index in [0.717, 1.165) is 19.5 Å². The number of hydrogen-bond donors (Lipinski definition) is 2. The molecule has 3 heteroatoms. The minimum Gasteiger partial charge on any atom is -0.301 e. The standard InChI is InChI=1S/C13H17N3/c1-16-8-7-13(11(9-14)10-16)15-12-5-3-2-4-6-12/h2-6,9,14-15H,7-8,10H2,1H3/p+2. The van der Waals surface area contributed by atoms with Crippen molar-refractivity contribution in [1.82, 2.24) is 4.90 Å². The molecule has 0 amide bonds. The van der Waals surface area contributed by atoms with E-state index in [-0.39, 0.29) is 0 Å². The summed E-state index contributed by atoms with van der Waals surface area (Å²) in [6, 6.07) is 10.4. The second kappa shape index (κ2) is 5.05. The molecule has 1 aromatic carbocycles. The number of nitrogens with zero attached hydrogens (tertiary/aromatic N) is 1. The van der Waals surface area contributed by atoms with Crippen LogP contribution in [0.2, 0.25) is 0 Å². The van der Waals surface area contributed by atoms with Gasteiger partial charge in [-0.3, -0.25) is 10.7 Å². The zero-order chi connectivity index (χ0) is 11.4. The first-order valence-corrected chi connectivity index (χ1v) is 5.65. The lowest BCUT2D eigenvalue weighted by Gasteiger charge is -2.22. The molecule has 0 aromatic heterocycles. The van der Waals surface area contributed by atoms with Crippen LogP contribution in [0, 0.1) is 0 Å². The lowest BCUT2D eigenvalue weighted by molar-refractivity contribution is -0.522. The fourth-order valence-electron chi connectivity index (χ4n) is 2.02. The van der Waals surface area contributed by atoms with E-state index >= 15 is 0 Å². The number of rotatable bonds is 3. The minimum atomic E-state index is 0.954. The van der Waals surface area contributed by atoms with Gasteiger partial charge in [0.25, 0.3) is 0 Å². The molecule has 0 fully saturated rings. The second-order valence-corrected chi connectivity index (χ2v) is 4.26. The van der Waals surface area contributed by atoms with Crippen molar-refractivity contribution in [3.05, 3.63) is 41.6 Å². The Morgan fingerprint density at radius 1 is 1.31 bits per heavy atom. The van der Waals surface area contributed by atoms with E-state index in [9.17, 15) is 0 Å². The lowest BCUT2D eigenvalue weighted by Crippen LogP contribution is -2.77. The Balaban J connectivity index is 2.16. The quantitative estimate of drug-likeness (QED) is 0.510. The van der Waals surface area contributed by atoms with Crippen LogP contribution in [-0.4, -0.2) is 31.3 Å². The van der Waals surface area contributed by atoms with Crippen LogP contribution < -0.4 is 10.7 Å². The predicted octanol–water partition coefficient (Wildman–Crippen LogP) is -0.699. The maximum Gasteiger partial charge on any atom is 0.170 e. The maximum atomic E-state index is 5.68. The van der Waals surface area contributed by atoms with Gasteiger partial charge in [-0.15, -0.1) is 0 Å². The van der Waals surface area contributed by atoms with Gasteiger partial charge in [-0.05, 0) is 19.2 Å². The molecule has 16 heavy (non-hydrogen) atoms. The van der Waals surface area contributed by atoms with Crippen molar-refractivity contribution in [2.24, 2.45) is 0 Å². The first kappa shape index (κ1) is 11.0. The highest BCUT2D eigenvalue weighted by molar-refractivity contribution is 5.74. The Bertz CT molecular complexity index is 395. The molecule has 2 rings (SSSR count). The molecule has 84 valence electrons. The Morgan fingerprint density at radius 2 is 2.06 bits per heavy atom. The fourth-order valence-corrected chi connectivity index (χ4v) is 2.02. The monoisotopic (exact) mass is 217 g/mol. The van der Waals surface area contributed by atoms with Crippen molar-refractivity contribution >= 4 is 11.9 Å². The number of hydrogen-bond acceptors (Lipinski definition) is 1. The molecule has 0 aliphatic carbocycles. The highest BCUT2D eigenvalue weighted by Gasteiger charge is 2.19. The Labute approximate surface area is 96.3 Å². The van der Waals surface area contributed by atoms with Gasteiger partial charge in [-0.1, -0.05) is 18.2 Å². The number of benzene rings is 1. The summed E-state index contributed by atoms with van der Waals surface area (Å²) in [4.78, 5) is 2.29. The van der Waals surface area contributed by atoms with E-state index in [2.05, 4.69) is 41.5 Å². The summed E-state index contributed by atoms with van der Waals surface area (Å²) in [5, 5.41) is 7.92. The van der Waals surface area contributed by atoms with E-state index in [4.69, 9.17) is 5.41 Å². The van der Waals surface area contributed by atoms with Crippen molar-refractivity contribution in [3.8, 4) is 0 Å². The van der Waals surface area contributed by atoms with Crippen LogP contribution in [-0.2, 0) is 0 Å². The molecular weight excluding hydrogens is 198 g/mol. The van der Waals surface area contributed by atoms with Crippen LogP contribution in [0.3, 0.4) is 0 Å². The van der Waals surface area contributed by atoms with Gasteiger partial charge in [0.15, 0.2) is 6.21 Å².